The van der Waals surface area contributed by atoms with Gasteiger partial charge < -0.3 is 15.2 Å². The summed E-state index contributed by atoms with van der Waals surface area (Å²) in [5.41, 5.74) is 6.16. The molecule has 1 saturated heterocycles. The van der Waals surface area contributed by atoms with Crippen molar-refractivity contribution in [2.24, 2.45) is 5.73 Å². The highest BCUT2D eigenvalue weighted by Crippen LogP contribution is 2.33. The smallest absolute Gasteiger partial charge is 0.192 e. The SMILES string of the molecule is CC1(c2cccc(F)c2)OCC(CN)O1. The summed E-state index contributed by atoms with van der Waals surface area (Å²) in [7, 11) is 0. The van der Waals surface area contributed by atoms with Crippen molar-refractivity contribution < 1.29 is 13.9 Å². The van der Waals surface area contributed by atoms with Crippen LogP contribution in [0, 0.1) is 5.82 Å². The van der Waals surface area contributed by atoms with Crippen molar-refractivity contribution in [3.63, 3.8) is 0 Å². The van der Waals surface area contributed by atoms with Gasteiger partial charge in [0, 0.05) is 12.1 Å². The third-order valence-corrected chi connectivity index (χ3v) is 2.55. The maximum absolute atomic E-state index is 13.0. The highest BCUT2D eigenvalue weighted by molar-refractivity contribution is 5.21. The molecule has 1 aromatic rings. The summed E-state index contributed by atoms with van der Waals surface area (Å²) >= 11 is 0. The van der Waals surface area contributed by atoms with Gasteiger partial charge in [-0.15, -0.1) is 0 Å². The lowest BCUT2D eigenvalue weighted by atomic mass is 10.1. The monoisotopic (exact) mass is 211 g/mol. The van der Waals surface area contributed by atoms with Crippen LogP contribution in [-0.2, 0) is 15.3 Å². The van der Waals surface area contributed by atoms with Gasteiger partial charge in [0.05, 0.1) is 12.7 Å². The molecule has 82 valence electrons. The molecular weight excluding hydrogens is 197 g/mol. The molecule has 1 heterocycles. The molecule has 0 bridgehead atoms. The average molecular weight is 211 g/mol. The molecule has 2 N–H and O–H groups in total. The van der Waals surface area contributed by atoms with E-state index < -0.39 is 5.79 Å². The predicted octanol–water partition coefficient (Wildman–Crippen LogP) is 1.37. The molecule has 0 radical (unpaired) electrons. The van der Waals surface area contributed by atoms with E-state index in [9.17, 15) is 4.39 Å². The molecule has 1 fully saturated rings. The molecule has 4 heteroatoms. The van der Waals surface area contributed by atoms with Gasteiger partial charge in [-0.25, -0.2) is 4.39 Å². The molecule has 2 atom stereocenters. The minimum Gasteiger partial charge on any atom is -0.343 e. The first kappa shape index (κ1) is 10.5. The highest BCUT2D eigenvalue weighted by atomic mass is 19.1. The summed E-state index contributed by atoms with van der Waals surface area (Å²) in [6.07, 6.45) is -0.113. The number of benzene rings is 1. The fourth-order valence-electron chi connectivity index (χ4n) is 1.68. The molecule has 3 nitrogen and oxygen atoms in total. The molecule has 0 amide bonds. The first-order valence-corrected chi connectivity index (χ1v) is 4.92. The first-order valence-electron chi connectivity index (χ1n) is 4.92. The molecule has 0 spiro atoms. The Labute approximate surface area is 88.0 Å². The van der Waals surface area contributed by atoms with Crippen molar-refractivity contribution in [3.05, 3.63) is 35.6 Å². The summed E-state index contributed by atoms with van der Waals surface area (Å²) in [5, 5.41) is 0. The van der Waals surface area contributed by atoms with E-state index in [1.165, 1.54) is 12.1 Å². The van der Waals surface area contributed by atoms with Crippen molar-refractivity contribution >= 4 is 0 Å². The van der Waals surface area contributed by atoms with Gasteiger partial charge in [-0.05, 0) is 19.1 Å². The van der Waals surface area contributed by atoms with E-state index >= 15 is 0 Å². The van der Waals surface area contributed by atoms with Gasteiger partial charge in [0.25, 0.3) is 0 Å². The van der Waals surface area contributed by atoms with Crippen molar-refractivity contribution in [2.75, 3.05) is 13.2 Å². The van der Waals surface area contributed by atoms with Crippen molar-refractivity contribution in [2.45, 2.75) is 18.8 Å². The zero-order valence-corrected chi connectivity index (χ0v) is 8.57. The molecular formula is C11H14FNO2. The topological polar surface area (TPSA) is 44.5 Å². The maximum atomic E-state index is 13.0. The van der Waals surface area contributed by atoms with Crippen LogP contribution < -0.4 is 5.73 Å². The minimum absolute atomic E-state index is 0.113. The van der Waals surface area contributed by atoms with Gasteiger partial charge in [0.2, 0.25) is 0 Å². The second-order valence-corrected chi connectivity index (χ2v) is 3.74. The molecule has 0 saturated carbocycles. The number of hydrogen-bond donors (Lipinski definition) is 1. The third kappa shape index (κ3) is 2.02. The largest absolute Gasteiger partial charge is 0.343 e. The molecule has 1 aliphatic heterocycles. The zero-order valence-electron chi connectivity index (χ0n) is 8.57. The number of hydrogen-bond acceptors (Lipinski definition) is 3. The second-order valence-electron chi connectivity index (χ2n) is 3.74. The molecule has 1 aliphatic rings. The Morgan fingerprint density at radius 1 is 1.60 bits per heavy atom. The molecule has 15 heavy (non-hydrogen) atoms. The Balaban J connectivity index is 2.23. The lowest BCUT2D eigenvalue weighted by Crippen LogP contribution is -2.27. The lowest BCUT2D eigenvalue weighted by molar-refractivity contribution is -0.160. The van der Waals surface area contributed by atoms with Crippen LogP contribution in [0.3, 0.4) is 0 Å². The number of ether oxygens (including phenoxy) is 2. The van der Waals surface area contributed by atoms with Crippen LogP contribution in [0.2, 0.25) is 0 Å². The standard InChI is InChI=1S/C11H14FNO2/c1-11(14-7-10(6-13)15-11)8-3-2-4-9(12)5-8/h2-5,10H,6-7,13H2,1H3. The second kappa shape index (κ2) is 3.89. The Kier molecular flexibility index (Phi) is 2.73. The summed E-state index contributed by atoms with van der Waals surface area (Å²) in [6, 6.07) is 6.22. The van der Waals surface area contributed by atoms with E-state index in [2.05, 4.69) is 0 Å². The summed E-state index contributed by atoms with van der Waals surface area (Å²) in [4.78, 5) is 0. The Morgan fingerprint density at radius 2 is 2.40 bits per heavy atom. The average Bonchev–Trinajstić information content (AvgIpc) is 2.62. The summed E-state index contributed by atoms with van der Waals surface area (Å²) < 4.78 is 24.2. The predicted molar refractivity (Wildman–Crippen MR) is 53.6 cm³/mol. The van der Waals surface area contributed by atoms with Gasteiger partial charge in [0.15, 0.2) is 5.79 Å². The van der Waals surface area contributed by atoms with E-state index in [0.29, 0.717) is 18.7 Å². The number of nitrogens with two attached hydrogens (primary N) is 1. The summed E-state index contributed by atoms with van der Waals surface area (Å²) in [6.45, 7) is 2.63. The molecule has 1 aromatic carbocycles. The van der Waals surface area contributed by atoms with Gasteiger partial charge in [-0.1, -0.05) is 12.1 Å². The van der Waals surface area contributed by atoms with E-state index in [1.807, 2.05) is 0 Å². The van der Waals surface area contributed by atoms with E-state index in [1.54, 1.807) is 19.1 Å². The Morgan fingerprint density at radius 3 is 3.00 bits per heavy atom. The van der Waals surface area contributed by atoms with E-state index in [4.69, 9.17) is 15.2 Å². The van der Waals surface area contributed by atoms with Crippen LogP contribution in [0.4, 0.5) is 4.39 Å². The van der Waals surface area contributed by atoms with Crippen LogP contribution in [0.5, 0.6) is 0 Å². The summed E-state index contributed by atoms with van der Waals surface area (Å²) in [5.74, 6) is -1.16. The van der Waals surface area contributed by atoms with E-state index in [-0.39, 0.29) is 11.9 Å². The third-order valence-electron chi connectivity index (χ3n) is 2.55. The van der Waals surface area contributed by atoms with Gasteiger partial charge in [0.1, 0.15) is 5.82 Å². The van der Waals surface area contributed by atoms with Crippen molar-refractivity contribution in [3.8, 4) is 0 Å². The quantitative estimate of drug-likeness (QED) is 0.803. The zero-order chi connectivity index (χ0) is 10.9. The fraction of sp³-hybridized carbons (Fsp3) is 0.455. The van der Waals surface area contributed by atoms with Crippen LogP contribution in [0.1, 0.15) is 12.5 Å². The molecule has 2 rings (SSSR count). The van der Waals surface area contributed by atoms with Crippen molar-refractivity contribution in [1.82, 2.24) is 0 Å². The van der Waals surface area contributed by atoms with Crippen LogP contribution >= 0.6 is 0 Å². The Bertz CT molecular complexity index is 358. The molecule has 2 unspecified atom stereocenters. The van der Waals surface area contributed by atoms with Gasteiger partial charge in [-0.3, -0.25) is 0 Å². The highest BCUT2D eigenvalue weighted by Gasteiger charge is 2.38. The molecule has 0 aromatic heterocycles. The number of rotatable bonds is 2. The van der Waals surface area contributed by atoms with Crippen LogP contribution in [-0.4, -0.2) is 19.3 Å². The van der Waals surface area contributed by atoms with Gasteiger partial charge in [-0.2, -0.15) is 0 Å². The van der Waals surface area contributed by atoms with E-state index in [0.717, 1.165) is 0 Å². The van der Waals surface area contributed by atoms with Crippen LogP contribution in [0.15, 0.2) is 24.3 Å². The lowest BCUT2D eigenvalue weighted by Gasteiger charge is -2.23. The fourth-order valence-corrected chi connectivity index (χ4v) is 1.68. The first-order chi connectivity index (χ1) is 7.14. The normalized spacial score (nSPS) is 30.7. The maximum Gasteiger partial charge on any atom is 0.192 e. The van der Waals surface area contributed by atoms with Crippen molar-refractivity contribution in [1.29, 1.82) is 0 Å². The Hall–Kier alpha value is -0.970. The molecule has 0 aliphatic carbocycles. The van der Waals surface area contributed by atoms with Crippen LogP contribution in [0.25, 0.3) is 0 Å². The number of halogens is 1. The minimum atomic E-state index is -0.869. The van der Waals surface area contributed by atoms with Gasteiger partial charge >= 0.3 is 0 Å².